The Kier molecular flexibility index (Phi) is 6.15. The fraction of sp³-hybridized carbons (Fsp3) is 0.435. The van der Waals surface area contributed by atoms with Crippen LogP contribution in [0, 0.1) is 17.2 Å². The number of aryl methyl sites for hydroxylation is 1. The highest BCUT2D eigenvalue weighted by Gasteiger charge is 2.25. The van der Waals surface area contributed by atoms with Gasteiger partial charge in [-0.05, 0) is 43.0 Å². The lowest BCUT2D eigenvalue weighted by molar-refractivity contribution is -0.132. The van der Waals surface area contributed by atoms with Gasteiger partial charge in [0.1, 0.15) is 6.07 Å². The number of piperidine rings is 1. The Morgan fingerprint density at radius 1 is 1.26 bits per heavy atom. The van der Waals surface area contributed by atoms with E-state index >= 15 is 0 Å². The van der Waals surface area contributed by atoms with Gasteiger partial charge in [0.05, 0.1) is 11.9 Å². The van der Waals surface area contributed by atoms with E-state index in [9.17, 15) is 10.1 Å². The van der Waals surface area contributed by atoms with Crippen molar-refractivity contribution in [2.45, 2.75) is 49.2 Å². The number of ether oxygens (including phenoxy) is 2. The number of rotatable bonds is 6. The molecule has 0 radical (unpaired) electrons. The standard InChI is InChI=1S/C23H25N7O3S/c1-2-19(31)29-6-3-14(4-7-29)5-8-30-12-26-21(25)20-22(30)28-23(27-20)34-18-10-17-16(32-13-33-17)9-15(18)11-24/h9-10,12,14H,2-8,13,25H2,1H3. The third-order valence-corrected chi connectivity index (χ3v) is 7.24. The maximum absolute atomic E-state index is 11.9. The van der Waals surface area contributed by atoms with Crippen LogP contribution >= 0.6 is 11.8 Å². The zero-order valence-electron chi connectivity index (χ0n) is 18.9. The number of amides is 1. The fourth-order valence-corrected chi connectivity index (χ4v) is 5.20. The molecule has 1 aromatic carbocycles. The summed E-state index contributed by atoms with van der Waals surface area (Å²) < 4.78 is 12.8. The van der Waals surface area contributed by atoms with Crippen molar-refractivity contribution < 1.29 is 14.3 Å². The van der Waals surface area contributed by atoms with E-state index in [4.69, 9.17) is 20.2 Å². The Hall–Kier alpha value is -3.52. The van der Waals surface area contributed by atoms with Gasteiger partial charge in [-0.25, -0.2) is 15.0 Å². The first-order chi connectivity index (χ1) is 16.6. The van der Waals surface area contributed by atoms with Crippen LogP contribution in [0.1, 0.15) is 38.2 Å². The van der Waals surface area contributed by atoms with Gasteiger partial charge in [-0.1, -0.05) is 6.92 Å². The number of nitrogens with two attached hydrogens (primary N) is 1. The molecule has 2 N–H and O–H groups in total. The van der Waals surface area contributed by atoms with E-state index in [1.165, 1.54) is 11.8 Å². The van der Waals surface area contributed by atoms with Crippen molar-refractivity contribution in [3.63, 3.8) is 0 Å². The fourth-order valence-electron chi connectivity index (χ4n) is 4.35. The van der Waals surface area contributed by atoms with Crippen molar-refractivity contribution in [2.24, 2.45) is 5.92 Å². The van der Waals surface area contributed by atoms with Crippen molar-refractivity contribution in [1.29, 1.82) is 5.26 Å². The summed E-state index contributed by atoms with van der Waals surface area (Å²) in [7, 11) is 0. The van der Waals surface area contributed by atoms with Crippen LogP contribution in [0.2, 0.25) is 0 Å². The third-order valence-electron chi connectivity index (χ3n) is 6.32. The first kappa shape index (κ1) is 22.3. The number of hydrogen-bond donors (Lipinski definition) is 1. The number of carbonyl (C=O) groups is 1. The number of likely N-dealkylation sites (tertiary alicyclic amines) is 1. The number of fused-ring (bicyclic) bond motifs is 2. The number of nitrogen functional groups attached to an aromatic ring is 1. The highest BCUT2D eigenvalue weighted by molar-refractivity contribution is 7.99. The molecule has 0 spiro atoms. The zero-order chi connectivity index (χ0) is 23.7. The van der Waals surface area contributed by atoms with E-state index in [2.05, 4.69) is 16.0 Å². The second-order valence-corrected chi connectivity index (χ2v) is 9.39. The number of hydrogen-bond acceptors (Lipinski definition) is 9. The topological polar surface area (TPSA) is 132 Å². The Balaban J connectivity index is 1.31. The van der Waals surface area contributed by atoms with Crippen LogP contribution in [0.15, 0.2) is 28.5 Å². The molecule has 176 valence electrons. The Bertz CT molecular complexity index is 1230. The molecular formula is C23H25N7O3S. The average Bonchev–Trinajstić information content (AvgIpc) is 3.50. The minimum Gasteiger partial charge on any atom is -0.454 e. The van der Waals surface area contributed by atoms with Crippen molar-refractivity contribution in [1.82, 2.24) is 24.4 Å². The second-order valence-electron chi connectivity index (χ2n) is 8.38. The molecule has 11 heteroatoms. The normalized spacial score (nSPS) is 15.6. The Labute approximate surface area is 201 Å². The quantitative estimate of drug-likeness (QED) is 0.566. The number of benzene rings is 1. The van der Waals surface area contributed by atoms with E-state index in [1.54, 1.807) is 18.5 Å². The molecular weight excluding hydrogens is 454 g/mol. The van der Waals surface area contributed by atoms with E-state index in [0.29, 0.717) is 56.8 Å². The van der Waals surface area contributed by atoms with Gasteiger partial charge in [-0.3, -0.25) is 4.79 Å². The molecule has 1 saturated heterocycles. The Morgan fingerprint density at radius 2 is 2.03 bits per heavy atom. The van der Waals surface area contributed by atoms with Crippen LogP contribution in [0.5, 0.6) is 11.5 Å². The van der Waals surface area contributed by atoms with Crippen molar-refractivity contribution >= 4 is 23.5 Å². The summed E-state index contributed by atoms with van der Waals surface area (Å²) in [6.07, 6.45) is 5.25. The first-order valence-electron chi connectivity index (χ1n) is 11.3. The minimum atomic E-state index is 0.140. The highest BCUT2D eigenvalue weighted by Crippen LogP contribution is 2.41. The van der Waals surface area contributed by atoms with E-state index in [-0.39, 0.29) is 12.7 Å². The smallest absolute Gasteiger partial charge is 0.231 e. The predicted octanol–water partition coefficient (Wildman–Crippen LogP) is 3.15. The van der Waals surface area contributed by atoms with Crippen molar-refractivity contribution in [3.8, 4) is 29.1 Å². The van der Waals surface area contributed by atoms with Gasteiger partial charge in [-0.15, -0.1) is 0 Å². The number of anilines is 1. The Morgan fingerprint density at radius 3 is 2.76 bits per heavy atom. The average molecular weight is 480 g/mol. The summed E-state index contributed by atoms with van der Waals surface area (Å²) in [6, 6.07) is 5.64. The summed E-state index contributed by atoms with van der Waals surface area (Å²) >= 11 is 1.28. The number of nitrogens with zero attached hydrogens (tertiary/aromatic N) is 6. The van der Waals surface area contributed by atoms with Crippen LogP contribution in [0.3, 0.4) is 0 Å². The van der Waals surface area contributed by atoms with Gasteiger partial charge in [0.2, 0.25) is 12.7 Å². The predicted molar refractivity (Wildman–Crippen MR) is 124 cm³/mol. The molecule has 0 atom stereocenters. The van der Waals surface area contributed by atoms with Crippen LogP contribution in [0.4, 0.5) is 5.82 Å². The van der Waals surface area contributed by atoms with Crippen LogP contribution in [-0.4, -0.2) is 50.2 Å². The molecule has 0 bridgehead atoms. The summed E-state index contributed by atoms with van der Waals surface area (Å²) in [5, 5.41) is 10.0. The van der Waals surface area contributed by atoms with Crippen molar-refractivity contribution in [3.05, 3.63) is 24.0 Å². The zero-order valence-corrected chi connectivity index (χ0v) is 19.7. The number of aromatic nitrogens is 4. The van der Waals surface area contributed by atoms with Gasteiger partial charge in [-0.2, -0.15) is 5.26 Å². The van der Waals surface area contributed by atoms with Crippen molar-refractivity contribution in [2.75, 3.05) is 25.6 Å². The number of carbonyl (C=O) groups excluding carboxylic acids is 1. The molecule has 0 unspecified atom stereocenters. The van der Waals surface area contributed by atoms with Gasteiger partial charge in [0, 0.05) is 37.0 Å². The lowest BCUT2D eigenvalue weighted by Gasteiger charge is -2.32. The molecule has 0 aromatic heterocycles. The van der Waals surface area contributed by atoms with E-state index in [1.807, 2.05) is 16.4 Å². The van der Waals surface area contributed by atoms with E-state index in [0.717, 1.165) is 38.9 Å². The minimum absolute atomic E-state index is 0.140. The lowest BCUT2D eigenvalue weighted by Crippen LogP contribution is -2.38. The number of nitriles is 1. The SMILES string of the molecule is CCC(=O)N1CCC(CCn2cnc(N)c3nc(Sc4cc5c(cc4C#N)OCO5)nc2-3)CC1. The maximum atomic E-state index is 11.9. The molecule has 10 nitrogen and oxygen atoms in total. The largest absolute Gasteiger partial charge is 0.454 e. The summed E-state index contributed by atoms with van der Waals surface area (Å²) in [5.74, 6) is 2.93. The molecule has 4 heterocycles. The second kappa shape index (κ2) is 9.38. The molecule has 0 aliphatic carbocycles. The molecule has 4 aliphatic rings. The molecule has 1 aromatic rings. The monoisotopic (exact) mass is 479 g/mol. The van der Waals surface area contributed by atoms with Crippen LogP contribution in [-0.2, 0) is 11.3 Å². The van der Waals surface area contributed by atoms with E-state index < -0.39 is 0 Å². The van der Waals surface area contributed by atoms with Crippen LogP contribution < -0.4 is 15.2 Å². The molecule has 5 rings (SSSR count). The highest BCUT2D eigenvalue weighted by atomic mass is 32.2. The molecule has 1 amide bonds. The molecule has 0 saturated carbocycles. The molecule has 1 fully saturated rings. The summed E-state index contributed by atoms with van der Waals surface area (Å²) in [6.45, 7) is 4.44. The van der Waals surface area contributed by atoms with Gasteiger partial charge >= 0.3 is 0 Å². The van der Waals surface area contributed by atoms with Crippen LogP contribution in [0.25, 0.3) is 11.5 Å². The summed E-state index contributed by atoms with van der Waals surface area (Å²) in [4.78, 5) is 28.2. The first-order valence-corrected chi connectivity index (χ1v) is 12.1. The van der Waals surface area contributed by atoms with Gasteiger partial charge in [0.15, 0.2) is 34.0 Å². The molecule has 34 heavy (non-hydrogen) atoms. The van der Waals surface area contributed by atoms with Gasteiger partial charge in [0.25, 0.3) is 0 Å². The number of imidazole rings is 1. The molecule has 4 aliphatic heterocycles. The maximum Gasteiger partial charge on any atom is 0.231 e. The summed E-state index contributed by atoms with van der Waals surface area (Å²) in [5.41, 5.74) is 7.11. The van der Waals surface area contributed by atoms with Gasteiger partial charge < -0.3 is 24.7 Å². The lowest BCUT2D eigenvalue weighted by atomic mass is 9.93. The third kappa shape index (κ3) is 4.33.